The molecule has 1 heterocycles. The van der Waals surface area contributed by atoms with Crippen molar-refractivity contribution < 1.29 is 13.6 Å². The number of amides is 1. The van der Waals surface area contributed by atoms with Crippen LogP contribution >= 0.6 is 0 Å². The lowest BCUT2D eigenvalue weighted by Crippen LogP contribution is -2.38. The van der Waals surface area contributed by atoms with Crippen molar-refractivity contribution in [1.82, 2.24) is 4.90 Å². The highest BCUT2D eigenvalue weighted by atomic mass is 19.3. The third-order valence-corrected chi connectivity index (χ3v) is 4.93. The molecule has 1 unspecified atom stereocenters. The van der Waals surface area contributed by atoms with Crippen molar-refractivity contribution in [2.24, 2.45) is 5.92 Å². The van der Waals surface area contributed by atoms with E-state index in [1.54, 1.807) is 11.0 Å². The van der Waals surface area contributed by atoms with Gasteiger partial charge in [0, 0.05) is 44.9 Å². The van der Waals surface area contributed by atoms with E-state index in [1.165, 1.54) is 0 Å². The molecule has 6 heteroatoms. The van der Waals surface area contributed by atoms with Crippen LogP contribution in [0.3, 0.4) is 0 Å². The van der Waals surface area contributed by atoms with Crippen LogP contribution in [0.5, 0.6) is 0 Å². The molecule has 0 aromatic heterocycles. The summed E-state index contributed by atoms with van der Waals surface area (Å²) < 4.78 is 26.7. The van der Waals surface area contributed by atoms with Gasteiger partial charge in [-0.3, -0.25) is 4.79 Å². The minimum Gasteiger partial charge on any atom is -0.369 e. The van der Waals surface area contributed by atoms with Crippen LogP contribution in [-0.4, -0.2) is 42.9 Å². The smallest absolute Gasteiger partial charge is 0.248 e. The number of carbonyl (C=O) groups is 1. The number of para-hydroxylation sites is 1. The maximum absolute atomic E-state index is 13.4. The molecule has 128 valence electrons. The number of hydrogen-bond acceptors (Lipinski definition) is 3. The number of carbonyl (C=O) groups excluding carboxylic acids is 1. The first-order valence-corrected chi connectivity index (χ1v) is 8.41. The summed E-state index contributed by atoms with van der Waals surface area (Å²) in [6.45, 7) is 2.48. The van der Waals surface area contributed by atoms with Crippen molar-refractivity contribution in [3.05, 3.63) is 29.8 Å². The molecule has 1 saturated heterocycles. The van der Waals surface area contributed by atoms with E-state index in [4.69, 9.17) is 0 Å². The summed E-state index contributed by atoms with van der Waals surface area (Å²) in [5.74, 6) is -3.37. The van der Waals surface area contributed by atoms with Gasteiger partial charge in [-0.1, -0.05) is 12.1 Å². The van der Waals surface area contributed by atoms with Gasteiger partial charge in [0.1, 0.15) is 6.07 Å². The normalized spacial score (nSPS) is 23.6. The first kappa shape index (κ1) is 16.7. The minimum atomic E-state index is -2.69. The molecule has 1 aliphatic heterocycles. The van der Waals surface area contributed by atoms with E-state index in [0.717, 1.165) is 18.7 Å². The number of nitrogens with zero attached hydrogens (tertiary/aromatic N) is 3. The monoisotopic (exact) mass is 333 g/mol. The van der Waals surface area contributed by atoms with E-state index in [-0.39, 0.29) is 25.2 Å². The van der Waals surface area contributed by atoms with Gasteiger partial charge >= 0.3 is 0 Å². The fraction of sp³-hybridized carbons (Fsp3) is 0.556. The molecule has 3 rings (SSSR count). The SMILES string of the molecule is N#Cc1ccccc1N1CCCN(C(=O)C2CCC(F)(F)C2)CC1. The second-order valence-corrected chi connectivity index (χ2v) is 6.59. The van der Waals surface area contributed by atoms with Gasteiger partial charge in [0.2, 0.25) is 11.8 Å². The van der Waals surface area contributed by atoms with Gasteiger partial charge in [-0.2, -0.15) is 5.26 Å². The highest BCUT2D eigenvalue weighted by Crippen LogP contribution is 2.39. The summed E-state index contributed by atoms with van der Waals surface area (Å²) in [6.07, 6.45) is 0.556. The van der Waals surface area contributed by atoms with Crippen LogP contribution in [0.4, 0.5) is 14.5 Å². The minimum absolute atomic E-state index is 0.136. The second kappa shape index (κ2) is 6.76. The summed E-state index contributed by atoms with van der Waals surface area (Å²) in [7, 11) is 0. The van der Waals surface area contributed by atoms with Gasteiger partial charge < -0.3 is 9.80 Å². The number of nitriles is 1. The average Bonchev–Trinajstić information content (AvgIpc) is 2.80. The van der Waals surface area contributed by atoms with Crippen LogP contribution in [0, 0.1) is 17.2 Å². The predicted molar refractivity (Wildman–Crippen MR) is 86.9 cm³/mol. The number of hydrogen-bond donors (Lipinski definition) is 0. The number of halogens is 2. The maximum Gasteiger partial charge on any atom is 0.248 e. The summed E-state index contributed by atoms with van der Waals surface area (Å²) in [5, 5.41) is 9.24. The van der Waals surface area contributed by atoms with E-state index in [1.807, 2.05) is 18.2 Å². The maximum atomic E-state index is 13.4. The highest BCUT2D eigenvalue weighted by Gasteiger charge is 2.43. The third kappa shape index (κ3) is 3.50. The van der Waals surface area contributed by atoms with Crippen LogP contribution in [0.15, 0.2) is 24.3 Å². The Labute approximate surface area is 140 Å². The van der Waals surface area contributed by atoms with Gasteiger partial charge in [0.05, 0.1) is 11.3 Å². The molecule has 4 nitrogen and oxygen atoms in total. The van der Waals surface area contributed by atoms with E-state index < -0.39 is 11.8 Å². The second-order valence-electron chi connectivity index (χ2n) is 6.59. The Morgan fingerprint density at radius 2 is 2.00 bits per heavy atom. The van der Waals surface area contributed by atoms with Crippen molar-refractivity contribution >= 4 is 11.6 Å². The molecule has 0 spiro atoms. The molecule has 0 radical (unpaired) electrons. The van der Waals surface area contributed by atoms with Crippen LogP contribution in [0.1, 0.15) is 31.2 Å². The van der Waals surface area contributed by atoms with Crippen LogP contribution in [0.2, 0.25) is 0 Å². The van der Waals surface area contributed by atoms with Crippen molar-refractivity contribution in [3.63, 3.8) is 0 Å². The number of rotatable bonds is 2. The van der Waals surface area contributed by atoms with E-state index in [0.29, 0.717) is 25.2 Å². The number of benzene rings is 1. The van der Waals surface area contributed by atoms with Crippen molar-refractivity contribution in [1.29, 1.82) is 5.26 Å². The lowest BCUT2D eigenvalue weighted by Gasteiger charge is -2.26. The molecule has 24 heavy (non-hydrogen) atoms. The Morgan fingerprint density at radius 1 is 1.21 bits per heavy atom. The predicted octanol–water partition coefficient (Wildman–Crippen LogP) is 3.03. The molecule has 2 aliphatic rings. The van der Waals surface area contributed by atoms with Gasteiger partial charge in [-0.05, 0) is 25.0 Å². The molecule has 1 aliphatic carbocycles. The van der Waals surface area contributed by atoms with E-state index >= 15 is 0 Å². The molecule has 1 atom stereocenters. The lowest BCUT2D eigenvalue weighted by atomic mass is 10.1. The average molecular weight is 333 g/mol. The third-order valence-electron chi connectivity index (χ3n) is 4.93. The fourth-order valence-corrected chi connectivity index (χ4v) is 3.64. The van der Waals surface area contributed by atoms with Crippen molar-refractivity contribution in [2.75, 3.05) is 31.1 Å². The molecule has 0 N–H and O–H groups in total. The summed E-state index contributed by atoms with van der Waals surface area (Å²) in [6, 6.07) is 9.61. The lowest BCUT2D eigenvalue weighted by molar-refractivity contribution is -0.136. The Kier molecular flexibility index (Phi) is 4.70. The molecule has 0 bridgehead atoms. The zero-order chi connectivity index (χ0) is 17.2. The molecular formula is C18H21F2N3O. The molecule has 1 aromatic carbocycles. The molecule has 1 aromatic rings. The fourth-order valence-electron chi connectivity index (χ4n) is 3.64. The summed E-state index contributed by atoms with van der Waals surface area (Å²) in [5.41, 5.74) is 1.49. The Hall–Kier alpha value is -2.16. The quantitative estimate of drug-likeness (QED) is 0.836. The zero-order valence-corrected chi connectivity index (χ0v) is 13.5. The molecule has 1 amide bonds. The summed E-state index contributed by atoms with van der Waals surface area (Å²) in [4.78, 5) is 16.4. The van der Waals surface area contributed by atoms with Crippen LogP contribution < -0.4 is 4.90 Å². The van der Waals surface area contributed by atoms with Crippen LogP contribution in [-0.2, 0) is 4.79 Å². The first-order chi connectivity index (χ1) is 11.5. The number of anilines is 1. The Bertz CT molecular complexity index is 656. The van der Waals surface area contributed by atoms with Crippen molar-refractivity contribution in [2.45, 2.75) is 31.6 Å². The standard InChI is InChI=1S/C18H21F2N3O/c19-18(20)7-6-14(12-18)17(24)23-9-3-8-22(10-11-23)16-5-2-1-4-15(16)13-21/h1-2,4-5,14H,3,6-12H2. The zero-order valence-electron chi connectivity index (χ0n) is 13.5. The van der Waals surface area contributed by atoms with E-state index in [9.17, 15) is 18.8 Å². The molecule has 1 saturated carbocycles. The molecular weight excluding hydrogens is 312 g/mol. The van der Waals surface area contributed by atoms with Crippen LogP contribution in [0.25, 0.3) is 0 Å². The van der Waals surface area contributed by atoms with E-state index in [2.05, 4.69) is 11.0 Å². The number of alkyl halides is 2. The Balaban J connectivity index is 1.65. The van der Waals surface area contributed by atoms with Crippen molar-refractivity contribution in [3.8, 4) is 6.07 Å². The van der Waals surface area contributed by atoms with Gasteiger partial charge in [-0.25, -0.2) is 8.78 Å². The topological polar surface area (TPSA) is 47.3 Å². The van der Waals surface area contributed by atoms with Gasteiger partial charge in [0.15, 0.2) is 0 Å². The summed E-state index contributed by atoms with van der Waals surface area (Å²) >= 11 is 0. The molecule has 2 fully saturated rings. The largest absolute Gasteiger partial charge is 0.369 e. The highest BCUT2D eigenvalue weighted by molar-refractivity contribution is 5.79. The first-order valence-electron chi connectivity index (χ1n) is 8.41. The Morgan fingerprint density at radius 3 is 2.71 bits per heavy atom. The van der Waals surface area contributed by atoms with Gasteiger partial charge in [-0.15, -0.1) is 0 Å². The van der Waals surface area contributed by atoms with Gasteiger partial charge in [0.25, 0.3) is 0 Å².